The van der Waals surface area contributed by atoms with Crippen LogP contribution in [0.15, 0.2) is 54.6 Å². The maximum Gasteiger partial charge on any atom is 0.321 e. The molecule has 1 heterocycles. The van der Waals surface area contributed by atoms with Crippen molar-refractivity contribution in [3.8, 4) is 0 Å². The Morgan fingerprint density at radius 1 is 0.964 bits per heavy atom. The van der Waals surface area contributed by atoms with Gasteiger partial charge >= 0.3 is 6.03 Å². The molecular formula is C21H27N3O3S. The van der Waals surface area contributed by atoms with Gasteiger partial charge in [0.1, 0.15) is 0 Å². The number of nitrogens with zero attached hydrogens (tertiary/aromatic N) is 2. The second-order valence-electron chi connectivity index (χ2n) is 7.26. The maximum absolute atomic E-state index is 12.5. The zero-order valence-corrected chi connectivity index (χ0v) is 17.0. The van der Waals surface area contributed by atoms with Crippen LogP contribution in [0, 0.1) is 0 Å². The molecule has 1 aliphatic rings. The largest absolute Gasteiger partial charge is 0.322 e. The van der Waals surface area contributed by atoms with Crippen molar-refractivity contribution in [2.24, 2.45) is 0 Å². The number of hydrogen-bond donors (Lipinski definition) is 1. The van der Waals surface area contributed by atoms with Crippen molar-refractivity contribution in [2.45, 2.75) is 12.2 Å². The van der Waals surface area contributed by atoms with Crippen LogP contribution in [-0.4, -0.2) is 63.2 Å². The van der Waals surface area contributed by atoms with Crippen molar-refractivity contribution in [3.63, 3.8) is 0 Å². The molecule has 2 aromatic carbocycles. The third-order valence-corrected chi connectivity index (χ3v) is 5.68. The topological polar surface area (TPSA) is 69.7 Å². The summed E-state index contributed by atoms with van der Waals surface area (Å²) < 4.78 is 22.9. The average Bonchev–Trinajstić information content (AvgIpc) is 2.66. The number of rotatable bonds is 6. The molecule has 7 heteroatoms. The number of hydrogen-bond acceptors (Lipinski definition) is 4. The summed E-state index contributed by atoms with van der Waals surface area (Å²) in [6.45, 7) is 4.07. The Kier molecular flexibility index (Phi) is 6.70. The van der Waals surface area contributed by atoms with E-state index in [0.29, 0.717) is 24.3 Å². The van der Waals surface area contributed by atoms with Crippen molar-refractivity contribution >= 4 is 21.6 Å². The van der Waals surface area contributed by atoms with Gasteiger partial charge in [0.2, 0.25) is 0 Å². The van der Waals surface area contributed by atoms with Crippen LogP contribution in [0.25, 0.3) is 0 Å². The summed E-state index contributed by atoms with van der Waals surface area (Å²) in [6, 6.07) is 17.3. The highest BCUT2D eigenvalue weighted by molar-refractivity contribution is 7.89. The first-order chi connectivity index (χ1) is 13.4. The molecule has 2 amide bonds. The molecule has 150 valence electrons. The zero-order valence-electron chi connectivity index (χ0n) is 16.2. The van der Waals surface area contributed by atoms with Crippen molar-refractivity contribution in [1.29, 1.82) is 0 Å². The Balaban J connectivity index is 1.47. The van der Waals surface area contributed by atoms with Crippen molar-refractivity contribution in [2.75, 3.05) is 44.3 Å². The molecule has 0 unspecified atom stereocenters. The quantitative estimate of drug-likeness (QED) is 0.808. The van der Waals surface area contributed by atoms with Crippen molar-refractivity contribution < 1.29 is 13.2 Å². The molecule has 6 nitrogen and oxygen atoms in total. The third kappa shape index (κ3) is 6.35. The van der Waals surface area contributed by atoms with E-state index in [0.717, 1.165) is 26.1 Å². The van der Waals surface area contributed by atoms with Crippen LogP contribution in [0.2, 0.25) is 0 Å². The van der Waals surface area contributed by atoms with Crippen LogP contribution in [0.3, 0.4) is 0 Å². The monoisotopic (exact) mass is 401 g/mol. The highest BCUT2D eigenvalue weighted by atomic mass is 32.2. The smallest absolute Gasteiger partial charge is 0.321 e. The van der Waals surface area contributed by atoms with E-state index in [2.05, 4.69) is 34.5 Å². The number of sulfone groups is 1. The predicted molar refractivity (Wildman–Crippen MR) is 112 cm³/mol. The molecule has 0 saturated carbocycles. The van der Waals surface area contributed by atoms with Gasteiger partial charge in [0.05, 0.1) is 5.75 Å². The van der Waals surface area contributed by atoms with E-state index in [1.807, 2.05) is 11.0 Å². The lowest BCUT2D eigenvalue weighted by atomic mass is 10.1. The van der Waals surface area contributed by atoms with Crippen LogP contribution in [0.1, 0.15) is 11.1 Å². The standard InChI is InChI=1S/C21H27N3O3S/c1-28(26,27)17-19-8-5-9-20(16-19)22-21(25)24-14-12-23(13-15-24)11-10-18-6-3-2-4-7-18/h2-9,16H,10-15,17H2,1H3,(H,22,25). The van der Waals surface area contributed by atoms with Crippen LogP contribution in [0.5, 0.6) is 0 Å². The molecule has 0 radical (unpaired) electrons. The van der Waals surface area contributed by atoms with Gasteiger partial charge in [-0.25, -0.2) is 13.2 Å². The lowest BCUT2D eigenvalue weighted by Crippen LogP contribution is -2.50. The number of urea groups is 1. The molecule has 1 aliphatic heterocycles. The predicted octanol–water partition coefficient (Wildman–Crippen LogP) is 2.62. The molecule has 1 N–H and O–H groups in total. The van der Waals surface area contributed by atoms with E-state index >= 15 is 0 Å². The molecule has 1 fully saturated rings. The lowest BCUT2D eigenvalue weighted by Gasteiger charge is -2.34. The molecular weight excluding hydrogens is 374 g/mol. The van der Waals surface area contributed by atoms with E-state index in [1.165, 1.54) is 11.8 Å². The normalized spacial score (nSPS) is 15.4. The number of benzene rings is 2. The van der Waals surface area contributed by atoms with E-state index in [4.69, 9.17) is 0 Å². The first kappa shape index (κ1) is 20.4. The van der Waals surface area contributed by atoms with E-state index < -0.39 is 9.84 Å². The van der Waals surface area contributed by atoms with Crippen LogP contribution in [-0.2, 0) is 22.0 Å². The molecule has 0 bridgehead atoms. The highest BCUT2D eigenvalue weighted by Crippen LogP contribution is 2.14. The molecule has 1 saturated heterocycles. The van der Waals surface area contributed by atoms with Crippen molar-refractivity contribution in [3.05, 3.63) is 65.7 Å². The lowest BCUT2D eigenvalue weighted by molar-refractivity contribution is 0.148. The van der Waals surface area contributed by atoms with Crippen LogP contribution < -0.4 is 5.32 Å². The van der Waals surface area contributed by atoms with E-state index in [-0.39, 0.29) is 11.8 Å². The fraction of sp³-hybridized carbons (Fsp3) is 0.381. The zero-order chi connectivity index (χ0) is 20.0. The molecule has 0 aromatic heterocycles. The SMILES string of the molecule is CS(=O)(=O)Cc1cccc(NC(=O)N2CCN(CCc3ccccc3)CC2)c1. The summed E-state index contributed by atoms with van der Waals surface area (Å²) in [5.74, 6) is -0.0310. The fourth-order valence-corrected chi connectivity index (χ4v) is 4.14. The van der Waals surface area contributed by atoms with E-state index in [9.17, 15) is 13.2 Å². The minimum atomic E-state index is -3.10. The fourth-order valence-electron chi connectivity index (χ4n) is 3.35. The Morgan fingerprint density at radius 3 is 2.32 bits per heavy atom. The summed E-state index contributed by atoms with van der Waals surface area (Å²) >= 11 is 0. The van der Waals surface area contributed by atoms with Crippen LogP contribution in [0.4, 0.5) is 10.5 Å². The number of carbonyl (C=O) groups excluding carboxylic acids is 1. The number of piperazine rings is 1. The van der Waals surface area contributed by atoms with Gasteiger partial charge in [-0.2, -0.15) is 0 Å². The molecule has 0 aliphatic carbocycles. The van der Waals surface area contributed by atoms with Gasteiger partial charge < -0.3 is 10.2 Å². The first-order valence-electron chi connectivity index (χ1n) is 9.48. The number of carbonyl (C=O) groups is 1. The summed E-state index contributed by atoms with van der Waals surface area (Å²) in [4.78, 5) is 16.7. The summed E-state index contributed by atoms with van der Waals surface area (Å²) in [6.07, 6.45) is 2.22. The van der Waals surface area contributed by atoms with Gasteiger partial charge in [-0.3, -0.25) is 4.90 Å². The van der Waals surface area contributed by atoms with Gasteiger partial charge in [0, 0.05) is 44.7 Å². The maximum atomic E-state index is 12.5. The highest BCUT2D eigenvalue weighted by Gasteiger charge is 2.21. The Bertz CT molecular complexity index is 892. The second-order valence-corrected chi connectivity index (χ2v) is 9.41. The Hall–Kier alpha value is -2.38. The minimum Gasteiger partial charge on any atom is -0.322 e. The Labute approximate surface area is 167 Å². The van der Waals surface area contributed by atoms with Gasteiger partial charge in [0.25, 0.3) is 0 Å². The number of amides is 2. The van der Waals surface area contributed by atoms with Gasteiger partial charge in [-0.15, -0.1) is 0 Å². The minimum absolute atomic E-state index is 0.0310. The van der Waals surface area contributed by atoms with E-state index in [1.54, 1.807) is 24.3 Å². The second kappa shape index (κ2) is 9.21. The molecule has 0 atom stereocenters. The van der Waals surface area contributed by atoms with Gasteiger partial charge in [-0.1, -0.05) is 42.5 Å². The van der Waals surface area contributed by atoms with Gasteiger partial charge in [-0.05, 0) is 29.7 Å². The average molecular weight is 402 g/mol. The molecule has 2 aromatic rings. The third-order valence-electron chi connectivity index (χ3n) is 4.83. The Morgan fingerprint density at radius 2 is 1.64 bits per heavy atom. The number of nitrogens with one attached hydrogen (secondary N) is 1. The molecule has 28 heavy (non-hydrogen) atoms. The molecule has 0 spiro atoms. The van der Waals surface area contributed by atoms with Crippen LogP contribution >= 0.6 is 0 Å². The summed E-state index contributed by atoms with van der Waals surface area (Å²) in [7, 11) is -3.10. The summed E-state index contributed by atoms with van der Waals surface area (Å²) in [5.41, 5.74) is 2.63. The van der Waals surface area contributed by atoms with Gasteiger partial charge in [0.15, 0.2) is 9.84 Å². The molecule has 3 rings (SSSR count). The van der Waals surface area contributed by atoms with Crippen molar-refractivity contribution in [1.82, 2.24) is 9.80 Å². The summed E-state index contributed by atoms with van der Waals surface area (Å²) in [5, 5.41) is 2.88. The first-order valence-corrected chi connectivity index (χ1v) is 11.5. The number of anilines is 1.